The van der Waals surface area contributed by atoms with Gasteiger partial charge in [-0.05, 0) is 18.6 Å². The lowest BCUT2D eigenvalue weighted by atomic mass is 10.2. The molecule has 21 heavy (non-hydrogen) atoms. The highest BCUT2D eigenvalue weighted by molar-refractivity contribution is 5.92. The van der Waals surface area contributed by atoms with Crippen molar-refractivity contribution in [3.63, 3.8) is 0 Å². The van der Waals surface area contributed by atoms with E-state index in [4.69, 9.17) is 0 Å². The van der Waals surface area contributed by atoms with Crippen LogP contribution >= 0.6 is 0 Å². The van der Waals surface area contributed by atoms with Gasteiger partial charge in [-0.1, -0.05) is 0 Å². The minimum absolute atomic E-state index is 0.0531. The number of carbonyl (C=O) groups is 1. The number of nitrogens with one attached hydrogen (secondary N) is 2. The van der Waals surface area contributed by atoms with Crippen LogP contribution in [0.15, 0.2) is 24.7 Å². The van der Waals surface area contributed by atoms with Crippen LogP contribution in [0.2, 0.25) is 0 Å². The van der Waals surface area contributed by atoms with Crippen LogP contribution in [0.4, 0.5) is 13.2 Å². The molecule has 0 bridgehead atoms. The predicted octanol–water partition coefficient (Wildman–Crippen LogP) is 1.58. The maximum Gasteiger partial charge on any atom is 0.417 e. The summed E-state index contributed by atoms with van der Waals surface area (Å²) in [6, 6.07) is 1.88. The lowest BCUT2D eigenvalue weighted by Crippen LogP contribution is -2.26. The summed E-state index contributed by atoms with van der Waals surface area (Å²) >= 11 is 0. The van der Waals surface area contributed by atoms with E-state index in [0.29, 0.717) is 31.4 Å². The number of alkyl halides is 3. The third-order valence-electron chi connectivity index (χ3n) is 2.66. The average molecular weight is 299 g/mol. The summed E-state index contributed by atoms with van der Waals surface area (Å²) in [5.41, 5.74) is -0.938. The molecule has 0 saturated carbocycles. The van der Waals surface area contributed by atoms with Gasteiger partial charge in [0.15, 0.2) is 0 Å². The molecule has 0 atom stereocenters. The Morgan fingerprint density at radius 1 is 1.29 bits per heavy atom. The highest BCUT2D eigenvalue weighted by Crippen LogP contribution is 2.28. The van der Waals surface area contributed by atoms with Crippen LogP contribution in [0.5, 0.6) is 0 Å². The first kappa shape index (κ1) is 14.9. The Morgan fingerprint density at radius 2 is 2.10 bits per heavy atom. The Bertz CT molecular complexity index is 580. The van der Waals surface area contributed by atoms with Crippen molar-refractivity contribution in [1.82, 2.24) is 25.5 Å². The van der Waals surface area contributed by atoms with Crippen molar-refractivity contribution < 1.29 is 18.0 Å². The number of carbonyl (C=O) groups excluding carboxylic acids is 1. The van der Waals surface area contributed by atoms with Gasteiger partial charge in [-0.15, -0.1) is 0 Å². The van der Waals surface area contributed by atoms with Gasteiger partial charge in [-0.3, -0.25) is 14.9 Å². The largest absolute Gasteiger partial charge is 0.417 e. The molecule has 0 aliphatic rings. The van der Waals surface area contributed by atoms with Crippen molar-refractivity contribution in [3.05, 3.63) is 41.7 Å². The van der Waals surface area contributed by atoms with Crippen LogP contribution in [0.3, 0.4) is 0 Å². The van der Waals surface area contributed by atoms with Crippen molar-refractivity contribution >= 4 is 5.91 Å². The molecule has 9 heteroatoms. The van der Waals surface area contributed by atoms with E-state index in [0.717, 1.165) is 12.1 Å². The standard InChI is InChI=1S/C12H12F3N5O/c13-12(14,15)8-3-4-9(17-6-8)11(21)16-5-1-2-10-18-7-19-20-10/h3-4,6-7H,1-2,5H2,(H,16,21)(H,18,19,20). The topological polar surface area (TPSA) is 83.6 Å². The number of H-pyrrole nitrogens is 1. The molecule has 0 saturated heterocycles. The molecule has 2 heterocycles. The maximum atomic E-state index is 12.3. The molecule has 0 radical (unpaired) electrons. The van der Waals surface area contributed by atoms with Crippen molar-refractivity contribution in [2.75, 3.05) is 6.54 Å². The lowest BCUT2D eigenvalue weighted by Gasteiger charge is -2.07. The molecule has 0 fully saturated rings. The molecule has 112 valence electrons. The fourth-order valence-electron chi connectivity index (χ4n) is 1.60. The molecule has 2 rings (SSSR count). The van der Waals surface area contributed by atoms with Crippen LogP contribution < -0.4 is 5.32 Å². The maximum absolute atomic E-state index is 12.3. The Labute approximate surface area is 117 Å². The monoisotopic (exact) mass is 299 g/mol. The Kier molecular flexibility index (Phi) is 4.51. The molecule has 0 aromatic carbocycles. The summed E-state index contributed by atoms with van der Waals surface area (Å²) in [5, 5.41) is 8.95. The average Bonchev–Trinajstić information content (AvgIpc) is 2.96. The van der Waals surface area contributed by atoms with Crippen LogP contribution in [0, 0.1) is 0 Å². The fourth-order valence-corrected chi connectivity index (χ4v) is 1.60. The van der Waals surface area contributed by atoms with Gasteiger partial charge in [0.2, 0.25) is 0 Å². The van der Waals surface area contributed by atoms with Crippen molar-refractivity contribution in [2.24, 2.45) is 0 Å². The van der Waals surface area contributed by atoms with Crippen molar-refractivity contribution in [3.8, 4) is 0 Å². The van der Waals surface area contributed by atoms with Gasteiger partial charge in [0.25, 0.3) is 5.91 Å². The summed E-state index contributed by atoms with van der Waals surface area (Å²) in [6.45, 7) is 0.363. The summed E-state index contributed by atoms with van der Waals surface area (Å²) in [6.07, 6.45) is -1.19. The molecule has 2 aromatic heterocycles. The molecule has 2 aromatic rings. The van der Waals surface area contributed by atoms with E-state index in [1.165, 1.54) is 6.33 Å². The summed E-state index contributed by atoms with van der Waals surface area (Å²) in [7, 11) is 0. The van der Waals surface area contributed by atoms with E-state index < -0.39 is 17.6 Å². The third-order valence-corrected chi connectivity index (χ3v) is 2.66. The quantitative estimate of drug-likeness (QED) is 0.821. The van der Waals surface area contributed by atoms with Crippen LogP contribution in [-0.4, -0.2) is 32.6 Å². The Morgan fingerprint density at radius 3 is 2.67 bits per heavy atom. The molecular weight excluding hydrogens is 287 g/mol. The smallest absolute Gasteiger partial charge is 0.351 e. The van der Waals surface area contributed by atoms with Gasteiger partial charge < -0.3 is 5.32 Å². The first-order valence-electron chi connectivity index (χ1n) is 6.12. The van der Waals surface area contributed by atoms with Gasteiger partial charge >= 0.3 is 6.18 Å². The number of hydrogen-bond donors (Lipinski definition) is 2. The highest BCUT2D eigenvalue weighted by Gasteiger charge is 2.30. The van der Waals surface area contributed by atoms with E-state index in [9.17, 15) is 18.0 Å². The predicted molar refractivity (Wildman–Crippen MR) is 66.3 cm³/mol. The van der Waals surface area contributed by atoms with Gasteiger partial charge in [-0.25, -0.2) is 4.98 Å². The number of pyridine rings is 1. The van der Waals surface area contributed by atoms with E-state index in [2.05, 4.69) is 25.5 Å². The number of aryl methyl sites for hydroxylation is 1. The van der Waals surface area contributed by atoms with E-state index >= 15 is 0 Å². The Balaban J connectivity index is 1.80. The zero-order valence-electron chi connectivity index (χ0n) is 10.8. The zero-order chi connectivity index (χ0) is 15.3. The number of amides is 1. The summed E-state index contributed by atoms with van der Waals surface area (Å²) in [4.78, 5) is 19.1. The number of rotatable bonds is 5. The molecule has 0 unspecified atom stereocenters. The first-order chi connectivity index (χ1) is 9.97. The van der Waals surface area contributed by atoms with Crippen LogP contribution in [0.25, 0.3) is 0 Å². The minimum Gasteiger partial charge on any atom is -0.351 e. The van der Waals surface area contributed by atoms with E-state index in [1.54, 1.807) is 0 Å². The van der Waals surface area contributed by atoms with Crippen molar-refractivity contribution in [2.45, 2.75) is 19.0 Å². The van der Waals surface area contributed by atoms with E-state index in [1.807, 2.05) is 0 Å². The second kappa shape index (κ2) is 6.33. The van der Waals surface area contributed by atoms with Gasteiger partial charge in [0.05, 0.1) is 5.56 Å². The molecule has 2 N–H and O–H groups in total. The third kappa shape index (κ3) is 4.26. The summed E-state index contributed by atoms with van der Waals surface area (Å²) in [5.74, 6) is 0.193. The molecular formula is C12H12F3N5O. The van der Waals surface area contributed by atoms with Crippen LogP contribution in [-0.2, 0) is 12.6 Å². The van der Waals surface area contributed by atoms with E-state index in [-0.39, 0.29) is 5.69 Å². The number of aromatic amines is 1. The second-order valence-electron chi connectivity index (χ2n) is 4.22. The number of halogens is 3. The minimum atomic E-state index is -4.46. The first-order valence-corrected chi connectivity index (χ1v) is 6.12. The SMILES string of the molecule is O=C(NCCCc1ncn[nH]1)c1ccc(C(F)(F)F)cn1. The Hall–Kier alpha value is -2.45. The normalized spacial score (nSPS) is 11.4. The number of nitrogens with zero attached hydrogens (tertiary/aromatic N) is 3. The van der Waals surface area contributed by atoms with Gasteiger partial charge in [0, 0.05) is 19.2 Å². The zero-order valence-corrected chi connectivity index (χ0v) is 10.8. The van der Waals surface area contributed by atoms with Crippen molar-refractivity contribution in [1.29, 1.82) is 0 Å². The molecule has 0 aliphatic carbocycles. The van der Waals surface area contributed by atoms with Gasteiger partial charge in [0.1, 0.15) is 17.8 Å². The number of hydrogen-bond acceptors (Lipinski definition) is 4. The summed E-state index contributed by atoms with van der Waals surface area (Å²) < 4.78 is 37.0. The van der Waals surface area contributed by atoms with Gasteiger partial charge in [-0.2, -0.15) is 18.3 Å². The molecule has 1 amide bonds. The molecule has 0 spiro atoms. The lowest BCUT2D eigenvalue weighted by molar-refractivity contribution is -0.137. The highest BCUT2D eigenvalue weighted by atomic mass is 19.4. The number of aromatic nitrogens is 4. The second-order valence-corrected chi connectivity index (χ2v) is 4.22. The molecule has 6 nitrogen and oxygen atoms in total. The van der Waals surface area contributed by atoms with Crippen LogP contribution in [0.1, 0.15) is 28.3 Å². The fraction of sp³-hybridized carbons (Fsp3) is 0.333. The molecule has 0 aliphatic heterocycles.